The number of likely N-dealkylation sites (tertiary alicyclic amines) is 1. The summed E-state index contributed by atoms with van der Waals surface area (Å²) < 4.78 is 0. The van der Waals surface area contributed by atoms with E-state index in [1.54, 1.807) is 0 Å². The van der Waals surface area contributed by atoms with Crippen molar-refractivity contribution in [2.24, 2.45) is 5.92 Å². The third-order valence-corrected chi connectivity index (χ3v) is 3.00. The first-order valence-electron chi connectivity index (χ1n) is 5.72. The molecule has 1 heterocycles. The van der Waals surface area contributed by atoms with Crippen LogP contribution in [0.5, 0.6) is 0 Å². The van der Waals surface area contributed by atoms with Crippen molar-refractivity contribution >= 4 is 0 Å². The predicted octanol–water partition coefficient (Wildman–Crippen LogP) is 1.72. The summed E-state index contributed by atoms with van der Waals surface area (Å²) in [7, 11) is 0. The lowest BCUT2D eigenvalue weighted by Gasteiger charge is -2.23. The van der Waals surface area contributed by atoms with Crippen LogP contribution in [0.15, 0.2) is 0 Å². The van der Waals surface area contributed by atoms with Gasteiger partial charge in [0.05, 0.1) is 0 Å². The van der Waals surface area contributed by atoms with Gasteiger partial charge in [-0.15, -0.1) is 0 Å². The van der Waals surface area contributed by atoms with E-state index in [9.17, 15) is 0 Å². The molecule has 0 aromatic rings. The summed E-state index contributed by atoms with van der Waals surface area (Å²) in [6.07, 6.45) is 2.74. The molecular weight excluding hydrogens is 160 g/mol. The van der Waals surface area contributed by atoms with Gasteiger partial charge in [0, 0.05) is 19.1 Å². The van der Waals surface area contributed by atoms with Gasteiger partial charge in [-0.2, -0.15) is 0 Å². The van der Waals surface area contributed by atoms with Crippen LogP contribution in [-0.4, -0.2) is 37.1 Å². The van der Waals surface area contributed by atoms with E-state index in [0.29, 0.717) is 0 Å². The monoisotopic (exact) mass is 184 g/mol. The van der Waals surface area contributed by atoms with Crippen LogP contribution in [0.3, 0.4) is 0 Å². The highest BCUT2D eigenvalue weighted by Crippen LogP contribution is 2.15. The Kier molecular flexibility index (Phi) is 4.74. The van der Waals surface area contributed by atoms with Gasteiger partial charge >= 0.3 is 0 Å². The van der Waals surface area contributed by atoms with Gasteiger partial charge in [-0.05, 0) is 31.8 Å². The standard InChI is InChI=1S/C11H24N2/c1-4-12-11-7-6-10(3)8-13(5-2)9-11/h10-12H,4-9H2,1-3H3. The van der Waals surface area contributed by atoms with Crippen LogP contribution in [-0.2, 0) is 0 Å². The molecule has 2 nitrogen and oxygen atoms in total. The second kappa shape index (κ2) is 5.61. The van der Waals surface area contributed by atoms with Crippen molar-refractivity contribution in [2.45, 2.75) is 39.7 Å². The fraction of sp³-hybridized carbons (Fsp3) is 1.00. The van der Waals surface area contributed by atoms with Crippen LogP contribution >= 0.6 is 0 Å². The van der Waals surface area contributed by atoms with Crippen molar-refractivity contribution in [3.8, 4) is 0 Å². The van der Waals surface area contributed by atoms with Gasteiger partial charge in [0.25, 0.3) is 0 Å². The molecule has 0 spiro atoms. The molecule has 0 amide bonds. The fourth-order valence-corrected chi connectivity index (χ4v) is 2.21. The Hall–Kier alpha value is -0.0800. The number of likely N-dealkylation sites (N-methyl/N-ethyl adjacent to an activating group) is 2. The number of hydrogen-bond donors (Lipinski definition) is 1. The Morgan fingerprint density at radius 1 is 1.23 bits per heavy atom. The van der Waals surface area contributed by atoms with E-state index in [4.69, 9.17) is 0 Å². The molecule has 1 fully saturated rings. The fourth-order valence-electron chi connectivity index (χ4n) is 2.21. The second-order valence-electron chi connectivity index (χ2n) is 4.29. The minimum Gasteiger partial charge on any atom is -0.313 e. The van der Waals surface area contributed by atoms with Crippen LogP contribution in [0.2, 0.25) is 0 Å². The molecular formula is C11H24N2. The Morgan fingerprint density at radius 2 is 2.00 bits per heavy atom. The summed E-state index contributed by atoms with van der Waals surface area (Å²) in [4.78, 5) is 2.57. The lowest BCUT2D eigenvalue weighted by molar-refractivity contribution is 0.252. The van der Waals surface area contributed by atoms with E-state index in [1.165, 1.54) is 32.5 Å². The van der Waals surface area contributed by atoms with Crippen LogP contribution < -0.4 is 5.32 Å². The lowest BCUT2D eigenvalue weighted by atomic mass is 10.0. The topological polar surface area (TPSA) is 15.3 Å². The summed E-state index contributed by atoms with van der Waals surface area (Å²) in [6, 6.07) is 0.731. The molecule has 0 bridgehead atoms. The molecule has 13 heavy (non-hydrogen) atoms. The van der Waals surface area contributed by atoms with Crippen LogP contribution in [0.25, 0.3) is 0 Å². The second-order valence-corrected chi connectivity index (χ2v) is 4.29. The molecule has 1 aliphatic rings. The normalized spacial score (nSPS) is 31.6. The van der Waals surface area contributed by atoms with Crippen molar-refractivity contribution in [2.75, 3.05) is 26.2 Å². The van der Waals surface area contributed by atoms with Crippen molar-refractivity contribution in [1.82, 2.24) is 10.2 Å². The molecule has 0 radical (unpaired) electrons. The zero-order chi connectivity index (χ0) is 9.68. The van der Waals surface area contributed by atoms with E-state index in [0.717, 1.165) is 18.5 Å². The lowest BCUT2D eigenvalue weighted by Crippen LogP contribution is -2.39. The third kappa shape index (κ3) is 3.65. The highest BCUT2D eigenvalue weighted by atomic mass is 15.1. The van der Waals surface area contributed by atoms with Crippen LogP contribution in [0, 0.1) is 5.92 Å². The molecule has 0 aliphatic carbocycles. The van der Waals surface area contributed by atoms with Crippen LogP contribution in [0.4, 0.5) is 0 Å². The third-order valence-electron chi connectivity index (χ3n) is 3.00. The molecule has 1 rings (SSSR count). The minimum absolute atomic E-state index is 0.731. The highest BCUT2D eigenvalue weighted by Gasteiger charge is 2.19. The Morgan fingerprint density at radius 3 is 2.62 bits per heavy atom. The molecule has 1 saturated heterocycles. The highest BCUT2D eigenvalue weighted by molar-refractivity contribution is 4.77. The largest absolute Gasteiger partial charge is 0.313 e. The van der Waals surface area contributed by atoms with E-state index < -0.39 is 0 Å². The average Bonchev–Trinajstić information content (AvgIpc) is 2.29. The van der Waals surface area contributed by atoms with Crippen molar-refractivity contribution in [3.05, 3.63) is 0 Å². The SMILES string of the molecule is CCNC1CCC(C)CN(CC)C1. The van der Waals surface area contributed by atoms with E-state index in [-0.39, 0.29) is 0 Å². The van der Waals surface area contributed by atoms with E-state index >= 15 is 0 Å². The van der Waals surface area contributed by atoms with Gasteiger partial charge < -0.3 is 10.2 Å². The molecule has 0 aromatic carbocycles. The van der Waals surface area contributed by atoms with Gasteiger partial charge in [0.15, 0.2) is 0 Å². The Labute approximate surface area is 82.7 Å². The predicted molar refractivity (Wildman–Crippen MR) is 58.0 cm³/mol. The maximum Gasteiger partial charge on any atom is 0.0195 e. The molecule has 2 unspecified atom stereocenters. The number of rotatable bonds is 3. The summed E-state index contributed by atoms with van der Waals surface area (Å²) in [6.45, 7) is 11.7. The maximum atomic E-state index is 3.57. The number of hydrogen-bond acceptors (Lipinski definition) is 2. The molecule has 0 saturated carbocycles. The minimum atomic E-state index is 0.731. The van der Waals surface area contributed by atoms with Crippen LogP contribution in [0.1, 0.15) is 33.6 Å². The Bertz CT molecular complexity index is 136. The van der Waals surface area contributed by atoms with Crippen molar-refractivity contribution < 1.29 is 0 Å². The van der Waals surface area contributed by atoms with E-state index in [2.05, 4.69) is 31.0 Å². The summed E-state index contributed by atoms with van der Waals surface area (Å²) in [5, 5.41) is 3.57. The van der Waals surface area contributed by atoms with E-state index in [1.807, 2.05) is 0 Å². The average molecular weight is 184 g/mol. The number of nitrogens with one attached hydrogen (secondary N) is 1. The van der Waals surface area contributed by atoms with Gasteiger partial charge in [0.2, 0.25) is 0 Å². The molecule has 2 heteroatoms. The summed E-state index contributed by atoms with van der Waals surface area (Å²) in [5.41, 5.74) is 0. The first-order chi connectivity index (χ1) is 6.26. The van der Waals surface area contributed by atoms with Gasteiger partial charge in [-0.3, -0.25) is 0 Å². The van der Waals surface area contributed by atoms with Gasteiger partial charge in [0.1, 0.15) is 0 Å². The first kappa shape index (κ1) is 11.0. The molecule has 1 aliphatic heterocycles. The zero-order valence-corrected chi connectivity index (χ0v) is 9.34. The number of nitrogens with zero attached hydrogens (tertiary/aromatic N) is 1. The van der Waals surface area contributed by atoms with Crippen molar-refractivity contribution in [1.29, 1.82) is 0 Å². The van der Waals surface area contributed by atoms with Gasteiger partial charge in [-0.1, -0.05) is 20.8 Å². The summed E-state index contributed by atoms with van der Waals surface area (Å²) >= 11 is 0. The van der Waals surface area contributed by atoms with Crippen molar-refractivity contribution in [3.63, 3.8) is 0 Å². The molecule has 1 N–H and O–H groups in total. The first-order valence-corrected chi connectivity index (χ1v) is 5.72. The molecule has 78 valence electrons. The Balaban J connectivity index is 2.41. The smallest absolute Gasteiger partial charge is 0.0195 e. The summed E-state index contributed by atoms with van der Waals surface area (Å²) in [5.74, 6) is 0.878. The molecule has 2 atom stereocenters. The maximum absolute atomic E-state index is 3.57. The zero-order valence-electron chi connectivity index (χ0n) is 9.34. The molecule has 0 aromatic heterocycles. The quantitative estimate of drug-likeness (QED) is 0.718. The van der Waals surface area contributed by atoms with Gasteiger partial charge in [-0.25, -0.2) is 0 Å².